The Balaban J connectivity index is 0.000000304. The van der Waals surface area contributed by atoms with Crippen LogP contribution in [0.25, 0.3) is 0 Å². The standard InChI is InChI=1S/C26H31N7O5.C20H27N5O4/c1-15-12-29-20(13-28-15)23(35)30-14-21(25(37)38-4)33-24(36)22-16(2)31-26(32-17(22)3)27-10-6-8-18-7-5-9-19(34)11-18;1-12-17(18(27)25-16(11-21)19(28)29-3)13(2)24-20(23-12)22-9-5-7-14-6-4-8-15(26)10-14/h5,7,9,11-13,21,34H,6,8,10,14H2,1-4H3,(H,30,35)(H,33,36)(H,27,31,32);4,6,8,10,16,26H,5,7,9,11,21H2,1-3H3,(H,25,27)(H,22,23,24)/t21-;16-/m00/s1. The van der Waals surface area contributed by atoms with Crippen LogP contribution >= 0.6 is 0 Å². The molecule has 0 saturated heterocycles. The number of nitrogens with zero attached hydrogens (tertiary/aromatic N) is 6. The number of aryl methyl sites for hydroxylation is 7. The predicted octanol–water partition coefficient (Wildman–Crippen LogP) is 2.72. The zero-order valence-electron chi connectivity index (χ0n) is 38.6. The molecule has 0 fully saturated rings. The number of methoxy groups -OCH3 is 2. The first-order valence-corrected chi connectivity index (χ1v) is 21.3. The molecule has 2 aromatic carbocycles. The summed E-state index contributed by atoms with van der Waals surface area (Å²) in [4.78, 5) is 87.3. The van der Waals surface area contributed by atoms with E-state index in [1.165, 1.54) is 26.6 Å². The molecule has 0 bridgehead atoms. The Morgan fingerprint density at radius 1 is 0.627 bits per heavy atom. The minimum absolute atomic E-state index is 0.0732. The highest BCUT2D eigenvalue weighted by atomic mass is 16.5. The number of phenols is 2. The molecule has 356 valence electrons. The number of carbonyl (C=O) groups is 5. The fourth-order valence-corrected chi connectivity index (χ4v) is 6.61. The summed E-state index contributed by atoms with van der Waals surface area (Å²) < 4.78 is 9.41. The van der Waals surface area contributed by atoms with Crippen molar-refractivity contribution in [3.8, 4) is 11.5 Å². The first kappa shape index (κ1) is 51.8. The van der Waals surface area contributed by atoms with Gasteiger partial charge in [-0.1, -0.05) is 24.3 Å². The number of hydrogen-bond acceptors (Lipinski definition) is 18. The molecule has 9 N–H and O–H groups in total. The average molecular weight is 923 g/mol. The van der Waals surface area contributed by atoms with Gasteiger partial charge in [-0.2, -0.15) is 0 Å². The Hall–Kier alpha value is -7.81. The van der Waals surface area contributed by atoms with Crippen molar-refractivity contribution in [1.82, 2.24) is 45.9 Å². The van der Waals surface area contributed by atoms with E-state index < -0.39 is 41.7 Å². The minimum Gasteiger partial charge on any atom is -0.508 e. The van der Waals surface area contributed by atoms with Crippen LogP contribution in [0.3, 0.4) is 0 Å². The van der Waals surface area contributed by atoms with E-state index in [2.05, 4.69) is 61.2 Å². The first-order chi connectivity index (χ1) is 32.0. The molecule has 0 radical (unpaired) electrons. The van der Waals surface area contributed by atoms with Crippen molar-refractivity contribution in [2.75, 3.05) is 51.0 Å². The second kappa shape index (κ2) is 25.6. The van der Waals surface area contributed by atoms with Crippen LogP contribution in [-0.4, -0.2) is 122 Å². The Morgan fingerprint density at radius 2 is 1.07 bits per heavy atom. The third-order valence-corrected chi connectivity index (χ3v) is 9.97. The van der Waals surface area contributed by atoms with Gasteiger partial charge >= 0.3 is 11.9 Å². The fourth-order valence-electron chi connectivity index (χ4n) is 6.61. The maximum atomic E-state index is 13.1. The predicted molar refractivity (Wildman–Crippen MR) is 248 cm³/mol. The molecule has 2 atom stereocenters. The quantitative estimate of drug-likeness (QED) is 0.0411. The van der Waals surface area contributed by atoms with Crippen LogP contribution in [0.4, 0.5) is 11.9 Å². The van der Waals surface area contributed by atoms with Gasteiger partial charge < -0.3 is 52.0 Å². The lowest BCUT2D eigenvalue weighted by Crippen LogP contribution is -2.49. The number of aromatic nitrogens is 6. The molecule has 3 aromatic heterocycles. The number of aromatic hydroxyl groups is 2. The number of phenolic OH excluding ortho intramolecular Hbond substituents is 2. The molecule has 0 aliphatic rings. The van der Waals surface area contributed by atoms with Crippen molar-refractivity contribution in [3.63, 3.8) is 0 Å². The molecular formula is C46H58N12O9. The van der Waals surface area contributed by atoms with Crippen molar-refractivity contribution in [3.05, 3.63) is 117 Å². The Bertz CT molecular complexity index is 2460. The zero-order valence-corrected chi connectivity index (χ0v) is 38.6. The fraction of sp³-hybridized carbons (Fsp3) is 0.370. The number of ether oxygens (including phenoxy) is 2. The molecule has 5 aromatic rings. The Morgan fingerprint density at radius 3 is 1.48 bits per heavy atom. The van der Waals surface area contributed by atoms with Crippen LogP contribution in [0.2, 0.25) is 0 Å². The topological polar surface area (TPSA) is 308 Å². The van der Waals surface area contributed by atoms with Crippen molar-refractivity contribution in [2.24, 2.45) is 5.73 Å². The summed E-state index contributed by atoms with van der Waals surface area (Å²) in [6.45, 7) is 9.44. The van der Waals surface area contributed by atoms with Gasteiger partial charge in [0, 0.05) is 32.4 Å². The number of rotatable bonds is 20. The van der Waals surface area contributed by atoms with Gasteiger partial charge in [0.1, 0.15) is 29.3 Å². The number of esters is 2. The van der Waals surface area contributed by atoms with E-state index in [0.717, 1.165) is 36.8 Å². The van der Waals surface area contributed by atoms with E-state index in [1.807, 2.05) is 18.2 Å². The van der Waals surface area contributed by atoms with Gasteiger partial charge in [-0.05, 0) is 95.7 Å². The SMILES string of the molecule is COC(=O)[C@H](CN)NC(=O)c1c(C)nc(NCCCc2cccc(O)c2)nc1C.COC(=O)[C@H](CNC(=O)c1cnc(C)cn1)NC(=O)c1c(C)nc(NCCCc2cccc(O)c2)nc1C. The van der Waals surface area contributed by atoms with Gasteiger partial charge in [-0.3, -0.25) is 19.4 Å². The summed E-state index contributed by atoms with van der Waals surface area (Å²) in [5, 5.41) is 33.1. The number of nitrogens with one attached hydrogen (secondary N) is 5. The minimum atomic E-state index is -1.15. The maximum absolute atomic E-state index is 13.1. The summed E-state index contributed by atoms with van der Waals surface area (Å²) in [5.74, 6) is -1.64. The van der Waals surface area contributed by atoms with Crippen LogP contribution in [0, 0.1) is 34.6 Å². The summed E-state index contributed by atoms with van der Waals surface area (Å²) in [6.07, 6.45) is 5.95. The second-order valence-electron chi connectivity index (χ2n) is 15.2. The van der Waals surface area contributed by atoms with E-state index in [0.29, 0.717) is 59.0 Å². The number of hydrogen-bond donors (Lipinski definition) is 8. The lowest BCUT2D eigenvalue weighted by Gasteiger charge is -2.18. The van der Waals surface area contributed by atoms with Crippen LogP contribution in [0.1, 0.15) is 83.6 Å². The van der Waals surface area contributed by atoms with E-state index in [-0.39, 0.29) is 35.8 Å². The molecule has 5 rings (SSSR count). The van der Waals surface area contributed by atoms with E-state index >= 15 is 0 Å². The molecule has 0 aliphatic heterocycles. The van der Waals surface area contributed by atoms with Crippen LogP contribution in [0.15, 0.2) is 60.9 Å². The van der Waals surface area contributed by atoms with Crippen LogP contribution < -0.4 is 32.3 Å². The molecule has 3 heterocycles. The first-order valence-electron chi connectivity index (χ1n) is 21.3. The summed E-state index contributed by atoms with van der Waals surface area (Å²) >= 11 is 0. The van der Waals surface area contributed by atoms with Crippen molar-refractivity contribution < 1.29 is 43.7 Å². The monoisotopic (exact) mass is 922 g/mol. The van der Waals surface area contributed by atoms with E-state index in [1.54, 1.807) is 65.0 Å². The van der Waals surface area contributed by atoms with Crippen molar-refractivity contribution >= 4 is 41.6 Å². The average Bonchev–Trinajstić information content (AvgIpc) is 3.29. The highest BCUT2D eigenvalue weighted by molar-refractivity contribution is 5.99. The number of anilines is 2. The lowest BCUT2D eigenvalue weighted by atomic mass is 10.1. The highest BCUT2D eigenvalue weighted by Gasteiger charge is 2.27. The molecule has 21 nitrogen and oxygen atoms in total. The molecule has 0 aliphatic carbocycles. The summed E-state index contributed by atoms with van der Waals surface area (Å²) in [7, 11) is 2.42. The number of amides is 3. The van der Waals surface area contributed by atoms with Gasteiger partial charge in [0.25, 0.3) is 17.7 Å². The normalized spacial score (nSPS) is 11.5. The second-order valence-corrected chi connectivity index (χ2v) is 15.2. The third kappa shape index (κ3) is 16.0. The molecule has 67 heavy (non-hydrogen) atoms. The molecular weight excluding hydrogens is 865 g/mol. The molecule has 3 amide bonds. The molecule has 0 spiro atoms. The molecule has 21 heteroatoms. The van der Waals surface area contributed by atoms with Gasteiger partial charge in [0.2, 0.25) is 11.9 Å². The maximum Gasteiger partial charge on any atom is 0.330 e. The summed E-state index contributed by atoms with van der Waals surface area (Å²) in [5.41, 5.74) is 10.7. The number of nitrogens with two attached hydrogens (primary N) is 1. The number of carbonyl (C=O) groups excluding carboxylic acids is 5. The Kier molecular flexibility index (Phi) is 19.8. The molecule has 0 saturated carbocycles. The van der Waals surface area contributed by atoms with Crippen molar-refractivity contribution in [2.45, 2.75) is 72.4 Å². The number of benzene rings is 2. The zero-order chi connectivity index (χ0) is 49.0. The lowest BCUT2D eigenvalue weighted by molar-refractivity contribution is -0.143. The van der Waals surface area contributed by atoms with Gasteiger partial charge in [0.05, 0.1) is 60.0 Å². The van der Waals surface area contributed by atoms with Gasteiger partial charge in [0.15, 0.2) is 0 Å². The van der Waals surface area contributed by atoms with Crippen molar-refractivity contribution in [1.29, 1.82) is 0 Å². The van der Waals surface area contributed by atoms with Crippen LogP contribution in [0.5, 0.6) is 11.5 Å². The smallest absolute Gasteiger partial charge is 0.330 e. The Labute approximate surface area is 388 Å². The summed E-state index contributed by atoms with van der Waals surface area (Å²) in [6, 6.07) is 12.2. The largest absolute Gasteiger partial charge is 0.508 e. The van der Waals surface area contributed by atoms with E-state index in [4.69, 9.17) is 10.5 Å². The third-order valence-electron chi connectivity index (χ3n) is 9.97. The van der Waals surface area contributed by atoms with Gasteiger partial charge in [-0.25, -0.2) is 34.5 Å². The van der Waals surface area contributed by atoms with E-state index in [9.17, 15) is 34.2 Å². The highest BCUT2D eigenvalue weighted by Crippen LogP contribution is 2.17. The van der Waals surface area contributed by atoms with Gasteiger partial charge in [-0.15, -0.1) is 0 Å². The van der Waals surface area contributed by atoms with Crippen LogP contribution in [-0.2, 0) is 31.9 Å². The molecule has 0 unspecified atom stereocenters.